The highest BCUT2D eigenvalue weighted by atomic mass is 35.5. The SMILES string of the molecule is Cc1cccc(Cl)c1S(=O)(=O)Oc1cccc(CN(C[C@@H]2CCCO2)C(=O)NC(C)C)c1. The molecule has 2 aromatic carbocycles. The van der Waals surface area contributed by atoms with E-state index in [0.29, 0.717) is 25.3 Å². The Bertz CT molecular complexity index is 1030. The number of amides is 2. The number of hydrogen-bond donors (Lipinski definition) is 1. The highest BCUT2D eigenvalue weighted by molar-refractivity contribution is 7.87. The van der Waals surface area contributed by atoms with E-state index in [1.54, 1.807) is 42.2 Å². The highest BCUT2D eigenvalue weighted by Gasteiger charge is 2.25. The van der Waals surface area contributed by atoms with Gasteiger partial charge in [0.2, 0.25) is 0 Å². The second-order valence-corrected chi connectivity index (χ2v) is 10.1. The van der Waals surface area contributed by atoms with Gasteiger partial charge in [0, 0.05) is 25.7 Å². The number of aryl methyl sites for hydroxylation is 1. The molecule has 9 heteroatoms. The molecule has 0 aromatic heterocycles. The van der Waals surface area contributed by atoms with Gasteiger partial charge in [-0.2, -0.15) is 8.42 Å². The molecule has 1 N–H and O–H groups in total. The summed E-state index contributed by atoms with van der Waals surface area (Å²) in [5.74, 6) is 0.156. The summed E-state index contributed by atoms with van der Waals surface area (Å²) in [6.07, 6.45) is 1.88. The molecule has 1 heterocycles. The Morgan fingerprint density at radius 1 is 1.28 bits per heavy atom. The number of nitrogens with zero attached hydrogens (tertiary/aromatic N) is 1. The summed E-state index contributed by atoms with van der Waals surface area (Å²) in [5, 5.41) is 3.02. The number of carbonyl (C=O) groups is 1. The van der Waals surface area contributed by atoms with Crippen molar-refractivity contribution in [2.24, 2.45) is 0 Å². The average molecular weight is 481 g/mol. The lowest BCUT2D eigenvalue weighted by Gasteiger charge is -2.27. The Morgan fingerprint density at radius 2 is 2.03 bits per heavy atom. The van der Waals surface area contributed by atoms with Gasteiger partial charge >= 0.3 is 16.1 Å². The molecule has 1 aliphatic heterocycles. The lowest BCUT2D eigenvalue weighted by atomic mass is 10.2. The molecule has 0 radical (unpaired) electrons. The maximum absolute atomic E-state index is 12.8. The molecule has 1 atom stereocenters. The van der Waals surface area contributed by atoms with Crippen molar-refractivity contribution >= 4 is 27.8 Å². The molecular weight excluding hydrogens is 452 g/mol. The Balaban J connectivity index is 1.79. The van der Waals surface area contributed by atoms with Crippen LogP contribution in [0, 0.1) is 6.92 Å². The molecule has 7 nitrogen and oxygen atoms in total. The number of carbonyl (C=O) groups excluding carboxylic acids is 1. The third-order valence-electron chi connectivity index (χ3n) is 5.04. The summed E-state index contributed by atoms with van der Waals surface area (Å²) < 4.78 is 36.8. The monoisotopic (exact) mass is 480 g/mol. The van der Waals surface area contributed by atoms with Crippen LogP contribution in [0.4, 0.5) is 4.79 Å². The Morgan fingerprint density at radius 3 is 2.69 bits per heavy atom. The third-order valence-corrected chi connectivity index (χ3v) is 6.92. The van der Waals surface area contributed by atoms with Gasteiger partial charge < -0.3 is 19.1 Å². The minimum Gasteiger partial charge on any atom is -0.379 e. The van der Waals surface area contributed by atoms with Crippen LogP contribution in [-0.4, -0.2) is 44.6 Å². The van der Waals surface area contributed by atoms with Crippen molar-refractivity contribution in [1.82, 2.24) is 10.2 Å². The van der Waals surface area contributed by atoms with E-state index in [4.69, 9.17) is 20.5 Å². The summed E-state index contributed by atoms with van der Waals surface area (Å²) in [4.78, 5) is 14.4. The molecule has 0 bridgehead atoms. The van der Waals surface area contributed by atoms with E-state index in [1.807, 2.05) is 19.9 Å². The van der Waals surface area contributed by atoms with Gasteiger partial charge in [-0.25, -0.2) is 4.79 Å². The fourth-order valence-electron chi connectivity index (χ4n) is 3.61. The summed E-state index contributed by atoms with van der Waals surface area (Å²) in [6.45, 7) is 6.92. The van der Waals surface area contributed by atoms with Crippen LogP contribution in [0.1, 0.15) is 37.8 Å². The van der Waals surface area contributed by atoms with Crippen molar-refractivity contribution in [1.29, 1.82) is 0 Å². The number of benzene rings is 2. The van der Waals surface area contributed by atoms with Crippen molar-refractivity contribution in [2.45, 2.75) is 57.2 Å². The lowest BCUT2D eigenvalue weighted by Crippen LogP contribution is -2.45. The van der Waals surface area contributed by atoms with Crippen LogP contribution in [0.5, 0.6) is 5.75 Å². The minimum atomic E-state index is -4.12. The minimum absolute atomic E-state index is 0.00378. The molecule has 32 heavy (non-hydrogen) atoms. The summed E-state index contributed by atoms with van der Waals surface area (Å²) in [5.41, 5.74) is 1.24. The smallest absolute Gasteiger partial charge is 0.340 e. The topological polar surface area (TPSA) is 84.9 Å². The molecule has 1 aliphatic rings. The van der Waals surface area contributed by atoms with Crippen LogP contribution < -0.4 is 9.50 Å². The molecule has 2 aromatic rings. The zero-order valence-electron chi connectivity index (χ0n) is 18.5. The molecule has 1 saturated heterocycles. The number of hydrogen-bond acceptors (Lipinski definition) is 5. The maximum atomic E-state index is 12.8. The first kappa shape index (κ1) is 24.4. The molecular formula is C23H29ClN2O5S. The van der Waals surface area contributed by atoms with E-state index in [0.717, 1.165) is 18.4 Å². The standard InChI is InChI=1S/C23H29ClN2O5S/c1-16(2)25-23(27)26(15-20-10-6-12-30-20)14-18-8-5-9-19(13-18)31-32(28,29)22-17(3)7-4-11-21(22)24/h4-5,7-9,11,13,16,20H,6,10,12,14-15H2,1-3H3,(H,25,27)/t20-/m0/s1. The predicted molar refractivity (Wildman–Crippen MR) is 123 cm³/mol. The molecule has 1 fully saturated rings. The predicted octanol–water partition coefficient (Wildman–Crippen LogP) is 4.52. The van der Waals surface area contributed by atoms with Gasteiger partial charge in [0.1, 0.15) is 10.6 Å². The van der Waals surface area contributed by atoms with E-state index >= 15 is 0 Å². The van der Waals surface area contributed by atoms with Gasteiger partial charge in [0.25, 0.3) is 0 Å². The van der Waals surface area contributed by atoms with Gasteiger partial charge in [0.15, 0.2) is 0 Å². The Hall–Kier alpha value is -2.29. The normalized spacial score (nSPS) is 16.2. The first-order valence-corrected chi connectivity index (χ1v) is 12.4. The Labute approximate surface area is 194 Å². The first-order chi connectivity index (χ1) is 15.2. The summed E-state index contributed by atoms with van der Waals surface area (Å²) in [7, 11) is -4.12. The molecule has 0 aliphatic carbocycles. The third kappa shape index (κ3) is 6.37. The second kappa shape index (κ2) is 10.6. The Kier molecular flexibility index (Phi) is 8.03. The zero-order valence-corrected chi connectivity index (χ0v) is 20.1. The molecule has 2 amide bonds. The van der Waals surface area contributed by atoms with Crippen LogP contribution in [-0.2, 0) is 21.4 Å². The van der Waals surface area contributed by atoms with Gasteiger partial charge in [0.05, 0.1) is 11.1 Å². The van der Waals surface area contributed by atoms with E-state index in [2.05, 4.69) is 5.32 Å². The second-order valence-electron chi connectivity index (χ2n) is 8.19. The zero-order chi connectivity index (χ0) is 23.3. The van der Waals surface area contributed by atoms with E-state index in [1.165, 1.54) is 6.07 Å². The van der Waals surface area contributed by atoms with Gasteiger partial charge in [-0.3, -0.25) is 0 Å². The van der Waals surface area contributed by atoms with Crippen LogP contribution >= 0.6 is 11.6 Å². The van der Waals surface area contributed by atoms with Crippen molar-refractivity contribution in [2.75, 3.05) is 13.2 Å². The first-order valence-electron chi connectivity index (χ1n) is 10.6. The van der Waals surface area contributed by atoms with Crippen molar-refractivity contribution < 1.29 is 22.1 Å². The van der Waals surface area contributed by atoms with Crippen molar-refractivity contribution in [3.63, 3.8) is 0 Å². The average Bonchev–Trinajstić information content (AvgIpc) is 3.19. The van der Waals surface area contributed by atoms with Crippen LogP contribution in [0.25, 0.3) is 0 Å². The lowest BCUT2D eigenvalue weighted by molar-refractivity contribution is 0.0791. The largest absolute Gasteiger partial charge is 0.379 e. The maximum Gasteiger partial charge on any atom is 0.340 e. The van der Waals surface area contributed by atoms with Crippen LogP contribution in [0.3, 0.4) is 0 Å². The van der Waals surface area contributed by atoms with Crippen LogP contribution in [0.15, 0.2) is 47.4 Å². The van der Waals surface area contributed by atoms with E-state index in [9.17, 15) is 13.2 Å². The summed E-state index contributed by atoms with van der Waals surface area (Å²) >= 11 is 6.12. The quantitative estimate of drug-likeness (QED) is 0.561. The van der Waals surface area contributed by atoms with E-state index < -0.39 is 10.1 Å². The molecule has 174 valence electrons. The van der Waals surface area contributed by atoms with Gasteiger partial charge in [-0.15, -0.1) is 0 Å². The number of ether oxygens (including phenoxy) is 1. The molecule has 0 spiro atoms. The van der Waals surface area contributed by atoms with Crippen molar-refractivity contribution in [3.8, 4) is 5.75 Å². The fourth-order valence-corrected chi connectivity index (χ4v) is 5.32. The number of urea groups is 1. The number of nitrogens with one attached hydrogen (secondary N) is 1. The van der Waals surface area contributed by atoms with Crippen LogP contribution in [0.2, 0.25) is 5.02 Å². The number of halogens is 1. The van der Waals surface area contributed by atoms with E-state index in [-0.39, 0.29) is 33.8 Å². The van der Waals surface area contributed by atoms with Gasteiger partial charge in [-0.05, 0) is 62.9 Å². The molecule has 0 saturated carbocycles. The molecule has 0 unspecified atom stereocenters. The number of rotatable bonds is 8. The molecule has 3 rings (SSSR count). The highest BCUT2D eigenvalue weighted by Crippen LogP contribution is 2.28. The van der Waals surface area contributed by atoms with Gasteiger partial charge in [-0.1, -0.05) is 35.9 Å². The van der Waals surface area contributed by atoms with Crippen molar-refractivity contribution in [3.05, 3.63) is 58.6 Å². The summed E-state index contributed by atoms with van der Waals surface area (Å²) in [6, 6.07) is 11.4. The fraction of sp³-hybridized carbons (Fsp3) is 0.435.